The fourth-order valence-corrected chi connectivity index (χ4v) is 1.70. The van der Waals surface area contributed by atoms with Crippen molar-refractivity contribution in [2.75, 3.05) is 11.1 Å². The molecule has 4 N–H and O–H groups in total. The highest BCUT2D eigenvalue weighted by Gasteiger charge is 2.04. The predicted octanol–water partition coefficient (Wildman–Crippen LogP) is 0.135. The van der Waals surface area contributed by atoms with E-state index in [1.807, 2.05) is 12.1 Å². The number of amides is 2. The Kier molecular flexibility index (Phi) is 4.50. The van der Waals surface area contributed by atoms with Crippen LogP contribution in [0.4, 0.5) is 11.6 Å². The smallest absolute Gasteiger partial charge is 0.242 e. The van der Waals surface area contributed by atoms with E-state index in [4.69, 9.17) is 5.73 Å². The summed E-state index contributed by atoms with van der Waals surface area (Å²) in [5.41, 5.74) is 7.01. The summed E-state index contributed by atoms with van der Waals surface area (Å²) >= 11 is 0. The van der Waals surface area contributed by atoms with Crippen LogP contribution in [0.2, 0.25) is 0 Å². The molecule has 0 unspecified atom stereocenters. The summed E-state index contributed by atoms with van der Waals surface area (Å²) in [5, 5.41) is 9.26. The summed E-state index contributed by atoms with van der Waals surface area (Å²) in [6.07, 6.45) is 1.40. The van der Waals surface area contributed by atoms with Gasteiger partial charge in [0.1, 0.15) is 12.9 Å². The highest BCUT2D eigenvalue weighted by molar-refractivity contribution is 5.88. The lowest BCUT2D eigenvalue weighted by atomic mass is 10.2. The minimum atomic E-state index is -0.189. The number of nitrogens with zero attached hydrogens (tertiary/aromatic N) is 3. The molecule has 8 heteroatoms. The zero-order valence-corrected chi connectivity index (χ0v) is 11.5. The molecular formula is C13H16N6O2. The number of nitrogens with one attached hydrogen (secondary N) is 2. The molecule has 1 aromatic carbocycles. The Morgan fingerprint density at radius 2 is 2.00 bits per heavy atom. The monoisotopic (exact) mass is 288 g/mol. The average molecular weight is 288 g/mol. The van der Waals surface area contributed by atoms with Crippen LogP contribution in [0, 0.1) is 0 Å². The largest absolute Gasteiger partial charge is 0.367 e. The number of benzene rings is 1. The van der Waals surface area contributed by atoms with E-state index in [0.29, 0.717) is 6.54 Å². The van der Waals surface area contributed by atoms with Crippen LogP contribution in [0.25, 0.3) is 0 Å². The molecule has 2 aromatic rings. The Labute approximate surface area is 121 Å². The molecule has 0 atom stereocenters. The van der Waals surface area contributed by atoms with Crippen molar-refractivity contribution in [1.29, 1.82) is 0 Å². The fourth-order valence-electron chi connectivity index (χ4n) is 1.70. The normalized spacial score (nSPS) is 10.1. The third kappa shape index (κ3) is 4.60. The highest BCUT2D eigenvalue weighted by Crippen LogP contribution is 2.09. The molecule has 2 rings (SSSR count). The van der Waals surface area contributed by atoms with Gasteiger partial charge in [0, 0.05) is 19.2 Å². The molecule has 0 bridgehead atoms. The molecule has 0 radical (unpaired) electrons. The van der Waals surface area contributed by atoms with Crippen LogP contribution < -0.4 is 16.4 Å². The van der Waals surface area contributed by atoms with Gasteiger partial charge in [0.05, 0.1) is 0 Å². The van der Waals surface area contributed by atoms with Gasteiger partial charge in [0.2, 0.25) is 17.8 Å². The molecule has 0 saturated heterocycles. The number of hydrogen-bond acceptors (Lipinski definition) is 5. The molecule has 0 saturated carbocycles. The average Bonchev–Trinajstić information content (AvgIpc) is 2.83. The zero-order valence-electron chi connectivity index (χ0n) is 11.5. The van der Waals surface area contributed by atoms with Crippen molar-refractivity contribution in [3.05, 3.63) is 36.2 Å². The molecule has 8 nitrogen and oxygen atoms in total. The van der Waals surface area contributed by atoms with E-state index in [1.54, 1.807) is 12.1 Å². The van der Waals surface area contributed by atoms with Crippen LogP contribution in [-0.4, -0.2) is 26.6 Å². The first kappa shape index (κ1) is 14.5. The van der Waals surface area contributed by atoms with Gasteiger partial charge in [0.15, 0.2) is 0 Å². The van der Waals surface area contributed by atoms with Crippen molar-refractivity contribution in [3.8, 4) is 0 Å². The second kappa shape index (κ2) is 6.51. The van der Waals surface area contributed by atoms with Gasteiger partial charge in [-0.25, -0.2) is 9.67 Å². The Bertz CT molecular complexity index is 634. The van der Waals surface area contributed by atoms with E-state index < -0.39 is 0 Å². The van der Waals surface area contributed by atoms with E-state index in [0.717, 1.165) is 11.3 Å². The van der Waals surface area contributed by atoms with E-state index in [2.05, 4.69) is 20.7 Å². The van der Waals surface area contributed by atoms with Crippen molar-refractivity contribution >= 4 is 23.5 Å². The maximum atomic E-state index is 11.7. The minimum absolute atomic E-state index is 0.0637. The van der Waals surface area contributed by atoms with Gasteiger partial charge in [-0.1, -0.05) is 12.1 Å². The van der Waals surface area contributed by atoms with Gasteiger partial charge in [-0.05, 0) is 17.7 Å². The number of hydrogen-bond donors (Lipinski definition) is 3. The van der Waals surface area contributed by atoms with E-state index in [9.17, 15) is 9.59 Å². The van der Waals surface area contributed by atoms with Gasteiger partial charge in [-0.3, -0.25) is 9.59 Å². The molecule has 0 spiro atoms. The Balaban J connectivity index is 1.82. The van der Waals surface area contributed by atoms with Crippen molar-refractivity contribution in [2.24, 2.45) is 0 Å². The lowest BCUT2D eigenvalue weighted by molar-refractivity contribution is -0.122. The number of nitrogen functional groups attached to an aromatic ring is 1. The van der Waals surface area contributed by atoms with Gasteiger partial charge in [-0.2, -0.15) is 0 Å². The second-order valence-electron chi connectivity index (χ2n) is 4.46. The van der Waals surface area contributed by atoms with E-state index >= 15 is 0 Å². The third-order valence-electron chi connectivity index (χ3n) is 2.62. The van der Waals surface area contributed by atoms with Gasteiger partial charge in [0.25, 0.3) is 0 Å². The number of carbonyl (C=O) groups excluding carboxylic acids is 2. The SMILES string of the molecule is CC(=O)Nc1ccc(CNC(=O)Cn2cnc(N)n2)cc1. The van der Waals surface area contributed by atoms with Crippen molar-refractivity contribution < 1.29 is 9.59 Å². The van der Waals surface area contributed by atoms with Gasteiger partial charge < -0.3 is 16.4 Å². The minimum Gasteiger partial charge on any atom is -0.367 e. The molecule has 21 heavy (non-hydrogen) atoms. The number of aromatic nitrogens is 3. The second-order valence-corrected chi connectivity index (χ2v) is 4.46. The number of rotatable bonds is 5. The molecule has 0 fully saturated rings. The maximum absolute atomic E-state index is 11.7. The molecule has 110 valence electrons. The van der Waals surface area contributed by atoms with E-state index in [1.165, 1.54) is 17.9 Å². The molecule has 1 heterocycles. The summed E-state index contributed by atoms with van der Waals surface area (Å²) in [6.45, 7) is 1.91. The Hall–Kier alpha value is -2.90. The summed E-state index contributed by atoms with van der Waals surface area (Å²) in [6, 6.07) is 7.22. The molecule has 0 aliphatic rings. The lowest BCUT2D eigenvalue weighted by Crippen LogP contribution is -2.27. The van der Waals surface area contributed by atoms with Gasteiger partial charge in [-0.15, -0.1) is 5.10 Å². The summed E-state index contributed by atoms with van der Waals surface area (Å²) < 4.78 is 1.37. The third-order valence-corrected chi connectivity index (χ3v) is 2.62. The lowest BCUT2D eigenvalue weighted by Gasteiger charge is -2.07. The first-order valence-corrected chi connectivity index (χ1v) is 6.31. The van der Waals surface area contributed by atoms with Crippen LogP contribution >= 0.6 is 0 Å². The quantitative estimate of drug-likeness (QED) is 0.723. The van der Waals surface area contributed by atoms with E-state index in [-0.39, 0.29) is 24.3 Å². The molecule has 0 aliphatic carbocycles. The topological polar surface area (TPSA) is 115 Å². The Morgan fingerprint density at radius 3 is 2.57 bits per heavy atom. The first-order chi connectivity index (χ1) is 10.0. The van der Waals surface area contributed by atoms with Crippen LogP contribution in [0.3, 0.4) is 0 Å². The number of carbonyl (C=O) groups is 2. The maximum Gasteiger partial charge on any atom is 0.242 e. The molecule has 1 aromatic heterocycles. The zero-order chi connectivity index (χ0) is 15.2. The van der Waals surface area contributed by atoms with Crippen molar-refractivity contribution in [1.82, 2.24) is 20.1 Å². The van der Waals surface area contributed by atoms with Crippen molar-refractivity contribution in [3.63, 3.8) is 0 Å². The number of anilines is 2. The van der Waals surface area contributed by atoms with Crippen LogP contribution in [0.1, 0.15) is 12.5 Å². The van der Waals surface area contributed by atoms with Crippen LogP contribution in [0.5, 0.6) is 0 Å². The predicted molar refractivity (Wildman–Crippen MR) is 77.0 cm³/mol. The first-order valence-electron chi connectivity index (χ1n) is 6.31. The summed E-state index contributed by atoms with van der Waals surface area (Å²) in [7, 11) is 0. The highest BCUT2D eigenvalue weighted by atomic mass is 16.2. The standard InChI is InChI=1S/C13H16N6O2/c1-9(20)17-11-4-2-10(3-5-11)6-15-12(21)7-19-8-16-13(14)18-19/h2-5,8H,6-7H2,1H3,(H2,14,18)(H,15,21)(H,17,20). The molecule has 0 aliphatic heterocycles. The fraction of sp³-hybridized carbons (Fsp3) is 0.231. The van der Waals surface area contributed by atoms with Gasteiger partial charge >= 0.3 is 0 Å². The van der Waals surface area contributed by atoms with Crippen molar-refractivity contribution in [2.45, 2.75) is 20.0 Å². The van der Waals surface area contributed by atoms with Crippen LogP contribution in [-0.2, 0) is 22.7 Å². The number of nitrogens with two attached hydrogens (primary N) is 1. The summed E-state index contributed by atoms with van der Waals surface area (Å²) in [5.74, 6) is -0.176. The summed E-state index contributed by atoms with van der Waals surface area (Å²) in [4.78, 5) is 26.3. The molecule has 2 amide bonds. The Morgan fingerprint density at radius 1 is 1.29 bits per heavy atom. The van der Waals surface area contributed by atoms with Crippen LogP contribution in [0.15, 0.2) is 30.6 Å². The molecular weight excluding hydrogens is 272 g/mol.